The van der Waals surface area contributed by atoms with Crippen LogP contribution in [-0.4, -0.2) is 40.0 Å². The molecule has 1 aromatic heterocycles. The maximum atomic E-state index is 12.0. The monoisotopic (exact) mass is 369 g/mol. The first kappa shape index (κ1) is 18.9. The number of hydrogen-bond donors (Lipinski definition) is 1. The topological polar surface area (TPSA) is 110 Å². The molecule has 3 rings (SSSR count). The zero-order valence-electron chi connectivity index (χ0n) is 15.5. The van der Waals surface area contributed by atoms with Crippen LogP contribution in [0.1, 0.15) is 50.7 Å². The first-order chi connectivity index (χ1) is 13.0. The van der Waals surface area contributed by atoms with Gasteiger partial charge in [-0.1, -0.05) is 37.2 Å². The number of aryl methyl sites for hydroxylation is 1. The Hall–Kier alpha value is -2.90. The van der Waals surface area contributed by atoms with Crippen molar-refractivity contribution in [2.45, 2.75) is 45.4 Å². The molecule has 0 saturated carbocycles. The summed E-state index contributed by atoms with van der Waals surface area (Å²) in [5.74, 6) is 1.22. The van der Waals surface area contributed by atoms with Gasteiger partial charge in [-0.3, -0.25) is 9.59 Å². The highest BCUT2D eigenvalue weighted by Gasteiger charge is 2.26. The highest BCUT2D eigenvalue weighted by atomic mass is 16.5. The molecule has 1 atom stereocenters. The van der Waals surface area contributed by atoms with Gasteiger partial charge < -0.3 is 9.84 Å². The lowest BCUT2D eigenvalue weighted by atomic mass is 9.96. The molecule has 1 unspecified atom stereocenters. The molecule has 142 valence electrons. The van der Waals surface area contributed by atoms with Crippen LogP contribution in [0.25, 0.3) is 0 Å². The molecule has 1 N–H and O–H groups in total. The molecule has 8 nitrogen and oxygen atoms in total. The van der Waals surface area contributed by atoms with Crippen molar-refractivity contribution in [3.8, 4) is 0 Å². The minimum Gasteiger partial charge on any atom is -0.356 e. The molecule has 0 spiro atoms. The number of carbonyl (C=O) groups excluding carboxylic acids is 2. The van der Waals surface area contributed by atoms with E-state index in [1.807, 2.05) is 26.0 Å². The van der Waals surface area contributed by atoms with Crippen LogP contribution >= 0.6 is 0 Å². The van der Waals surface area contributed by atoms with E-state index in [1.54, 1.807) is 12.2 Å². The van der Waals surface area contributed by atoms with E-state index < -0.39 is 0 Å². The Balaban J connectivity index is 1.37. The zero-order chi connectivity index (χ0) is 19.2. The van der Waals surface area contributed by atoms with Gasteiger partial charge in [0.15, 0.2) is 5.82 Å². The van der Waals surface area contributed by atoms with Gasteiger partial charge in [0, 0.05) is 31.7 Å². The van der Waals surface area contributed by atoms with Crippen molar-refractivity contribution in [2.75, 3.05) is 6.54 Å². The summed E-state index contributed by atoms with van der Waals surface area (Å²) < 4.78 is 5.17. The van der Waals surface area contributed by atoms with Gasteiger partial charge in [-0.2, -0.15) is 9.98 Å². The lowest BCUT2D eigenvalue weighted by Gasteiger charge is -2.17. The van der Waals surface area contributed by atoms with Gasteiger partial charge in [0.1, 0.15) is 11.8 Å². The first-order valence-corrected chi connectivity index (χ1v) is 9.17. The van der Waals surface area contributed by atoms with Gasteiger partial charge in [0.25, 0.3) is 5.91 Å². The minimum absolute atomic E-state index is 0.0973. The fourth-order valence-corrected chi connectivity index (χ4v) is 2.72. The number of nitrogens with zero attached hydrogens (tertiary/aromatic N) is 4. The van der Waals surface area contributed by atoms with Crippen LogP contribution in [0.3, 0.4) is 0 Å². The number of rotatable bonds is 8. The number of hydrogen-bond acceptors (Lipinski definition) is 6. The number of nitrogens with one attached hydrogen (secondary N) is 1. The average molecular weight is 369 g/mol. The molecule has 2 amide bonds. The van der Waals surface area contributed by atoms with E-state index in [9.17, 15) is 9.59 Å². The molecular formula is C19H23N5O3. The van der Waals surface area contributed by atoms with Gasteiger partial charge in [-0.25, -0.2) is 4.99 Å². The number of amides is 2. The van der Waals surface area contributed by atoms with Gasteiger partial charge >= 0.3 is 0 Å². The Kier molecular flexibility index (Phi) is 6.05. The van der Waals surface area contributed by atoms with Crippen LogP contribution in [0.4, 0.5) is 0 Å². The Bertz CT molecular complexity index is 832. The summed E-state index contributed by atoms with van der Waals surface area (Å²) in [6.45, 7) is 4.53. The van der Waals surface area contributed by atoms with Crippen molar-refractivity contribution < 1.29 is 14.1 Å². The molecule has 0 bridgehead atoms. The standard InChI is InChI=1S/C19H23N5O3/c1-12(2)18-23-17(27-24-18)8-5-11-20-16(25)10-9-15-21-14-7-4-3-6-13(14)19(26)22-15/h3-4,6-7,12-13H,5,8-11H2,1-2H3,(H,20,25). The fourth-order valence-electron chi connectivity index (χ4n) is 2.72. The third-order valence-electron chi connectivity index (χ3n) is 4.23. The van der Waals surface area contributed by atoms with Crippen LogP contribution in [0.2, 0.25) is 0 Å². The zero-order valence-corrected chi connectivity index (χ0v) is 15.5. The second-order valence-electron chi connectivity index (χ2n) is 6.78. The van der Waals surface area contributed by atoms with Crippen molar-refractivity contribution >= 4 is 23.4 Å². The summed E-state index contributed by atoms with van der Waals surface area (Å²) in [6.07, 6.45) is 9.15. The summed E-state index contributed by atoms with van der Waals surface area (Å²) >= 11 is 0. The smallest absolute Gasteiger partial charge is 0.260 e. The molecule has 0 fully saturated rings. The van der Waals surface area contributed by atoms with E-state index in [0.717, 1.165) is 0 Å². The fraction of sp³-hybridized carbons (Fsp3) is 0.474. The molecule has 2 aliphatic rings. The predicted octanol–water partition coefficient (Wildman–Crippen LogP) is 2.14. The number of aliphatic imine (C=N–C) groups is 2. The SMILES string of the molecule is CC(C)c1noc(CCCNC(=O)CCC2=NC(=O)C3C=CC=CC3=N2)n1. The van der Waals surface area contributed by atoms with Crippen LogP contribution in [0, 0.1) is 5.92 Å². The Labute approximate surface area is 157 Å². The van der Waals surface area contributed by atoms with Crippen molar-refractivity contribution in [3.63, 3.8) is 0 Å². The number of carbonyl (C=O) groups is 2. The molecule has 0 aromatic carbocycles. The summed E-state index contributed by atoms with van der Waals surface area (Å²) in [6, 6.07) is 0. The largest absolute Gasteiger partial charge is 0.356 e. The number of allylic oxidation sites excluding steroid dienone is 3. The second kappa shape index (κ2) is 8.66. The molecule has 27 heavy (non-hydrogen) atoms. The summed E-state index contributed by atoms with van der Waals surface area (Å²) in [5, 5.41) is 6.76. The van der Waals surface area contributed by atoms with Crippen molar-refractivity contribution in [3.05, 3.63) is 36.0 Å². The molecule has 2 heterocycles. The van der Waals surface area contributed by atoms with Crippen LogP contribution < -0.4 is 5.32 Å². The molecule has 1 aromatic rings. The molecule has 1 aliphatic carbocycles. The van der Waals surface area contributed by atoms with E-state index in [-0.39, 0.29) is 30.1 Å². The van der Waals surface area contributed by atoms with E-state index in [0.29, 0.717) is 49.1 Å². The Morgan fingerprint density at radius 3 is 2.89 bits per heavy atom. The normalized spacial score (nSPS) is 18.3. The third kappa shape index (κ3) is 5.06. The quantitative estimate of drug-likeness (QED) is 0.706. The van der Waals surface area contributed by atoms with Gasteiger partial charge in [-0.15, -0.1) is 0 Å². The van der Waals surface area contributed by atoms with E-state index in [2.05, 4.69) is 25.4 Å². The number of amidine groups is 1. The van der Waals surface area contributed by atoms with E-state index in [1.165, 1.54) is 0 Å². The average Bonchev–Trinajstić information content (AvgIpc) is 3.13. The van der Waals surface area contributed by atoms with Gasteiger partial charge in [-0.05, 0) is 12.5 Å². The lowest BCUT2D eigenvalue weighted by molar-refractivity contribution is -0.121. The highest BCUT2D eigenvalue weighted by Crippen LogP contribution is 2.17. The molecule has 0 radical (unpaired) electrons. The van der Waals surface area contributed by atoms with E-state index in [4.69, 9.17) is 4.52 Å². The van der Waals surface area contributed by atoms with E-state index >= 15 is 0 Å². The molecular weight excluding hydrogens is 346 g/mol. The Morgan fingerprint density at radius 2 is 2.11 bits per heavy atom. The van der Waals surface area contributed by atoms with Crippen molar-refractivity contribution in [1.29, 1.82) is 0 Å². The summed E-state index contributed by atoms with van der Waals surface area (Å²) in [5.41, 5.74) is 0.688. The number of aromatic nitrogens is 2. The van der Waals surface area contributed by atoms with Gasteiger partial charge in [0.2, 0.25) is 11.8 Å². The molecule has 0 saturated heterocycles. The maximum absolute atomic E-state index is 12.0. The van der Waals surface area contributed by atoms with Crippen LogP contribution in [0.15, 0.2) is 38.8 Å². The predicted molar refractivity (Wildman–Crippen MR) is 101 cm³/mol. The van der Waals surface area contributed by atoms with Crippen LogP contribution in [0.5, 0.6) is 0 Å². The third-order valence-corrected chi connectivity index (χ3v) is 4.23. The Morgan fingerprint density at radius 1 is 1.26 bits per heavy atom. The number of fused-ring (bicyclic) bond motifs is 1. The highest BCUT2D eigenvalue weighted by molar-refractivity contribution is 6.21. The van der Waals surface area contributed by atoms with Crippen molar-refractivity contribution in [2.24, 2.45) is 15.9 Å². The maximum Gasteiger partial charge on any atom is 0.260 e. The minimum atomic E-state index is -0.381. The lowest BCUT2D eigenvalue weighted by Crippen LogP contribution is -2.28. The second-order valence-corrected chi connectivity index (χ2v) is 6.78. The van der Waals surface area contributed by atoms with Crippen LogP contribution in [-0.2, 0) is 16.0 Å². The molecule has 8 heteroatoms. The molecule has 1 aliphatic heterocycles. The van der Waals surface area contributed by atoms with Gasteiger partial charge in [0.05, 0.1) is 5.71 Å². The summed E-state index contributed by atoms with van der Waals surface area (Å²) in [7, 11) is 0. The summed E-state index contributed by atoms with van der Waals surface area (Å²) in [4.78, 5) is 36.6. The van der Waals surface area contributed by atoms with Crippen molar-refractivity contribution in [1.82, 2.24) is 15.5 Å². The first-order valence-electron chi connectivity index (χ1n) is 9.17.